The molecule has 0 radical (unpaired) electrons. The molecule has 0 saturated carbocycles. The summed E-state index contributed by atoms with van der Waals surface area (Å²) in [7, 11) is 0. The first-order valence-electron chi connectivity index (χ1n) is 13.0. The van der Waals surface area contributed by atoms with E-state index in [0.717, 1.165) is 22.4 Å². The lowest BCUT2D eigenvalue weighted by molar-refractivity contribution is -0.136. The number of hydrogen-bond donors (Lipinski definition) is 1. The number of carbonyl (C=O) groups excluding carboxylic acids is 2. The summed E-state index contributed by atoms with van der Waals surface area (Å²) in [6, 6.07) is 20.1. The number of halogens is 3. The lowest BCUT2D eigenvalue weighted by Crippen LogP contribution is -2.45. The summed E-state index contributed by atoms with van der Waals surface area (Å²) in [6.45, 7) is 3.76. The Morgan fingerprint density at radius 1 is 0.976 bits per heavy atom. The molecule has 212 valence electrons. The molecule has 0 unspecified atom stereocenters. The summed E-state index contributed by atoms with van der Waals surface area (Å²) in [5.41, 5.74) is -2.47. The van der Waals surface area contributed by atoms with Gasteiger partial charge in [0.1, 0.15) is 11.6 Å². The molecule has 3 aromatic rings. The summed E-state index contributed by atoms with van der Waals surface area (Å²) >= 11 is 0. The number of benzene rings is 3. The van der Waals surface area contributed by atoms with Gasteiger partial charge in [0.15, 0.2) is 0 Å². The molecule has 0 spiro atoms. The topological polar surface area (TPSA) is 102 Å². The third-order valence-corrected chi connectivity index (χ3v) is 7.49. The molecule has 5 rings (SSSR count). The van der Waals surface area contributed by atoms with E-state index in [9.17, 15) is 37.9 Å². The molecule has 0 atom stereocenters. The van der Waals surface area contributed by atoms with Crippen molar-refractivity contribution in [3.05, 3.63) is 107 Å². The van der Waals surface area contributed by atoms with E-state index in [1.54, 1.807) is 11.0 Å². The number of alkyl halides is 3. The van der Waals surface area contributed by atoms with Crippen LogP contribution in [0.2, 0.25) is 0 Å². The predicted molar refractivity (Wildman–Crippen MR) is 150 cm³/mol. The van der Waals surface area contributed by atoms with Crippen LogP contribution >= 0.6 is 0 Å². The monoisotopic (exact) mass is 571 g/mol. The number of anilines is 2. The molecule has 2 heterocycles. The number of carboxylic acid groups (broad SMARTS) is 1. The van der Waals surface area contributed by atoms with Crippen molar-refractivity contribution >= 4 is 39.9 Å². The second kappa shape index (κ2) is 10.3. The minimum absolute atomic E-state index is 0.0168. The first-order chi connectivity index (χ1) is 19.9. The van der Waals surface area contributed by atoms with E-state index in [1.807, 2.05) is 50.2 Å². The van der Waals surface area contributed by atoms with Gasteiger partial charge in [0.2, 0.25) is 0 Å². The number of allylic oxidation sites excluding steroid dienone is 3. The predicted octanol–water partition coefficient (Wildman–Crippen LogP) is 6.18. The molecule has 2 aliphatic rings. The summed E-state index contributed by atoms with van der Waals surface area (Å²) in [4.78, 5) is 40.4. The Labute approximate surface area is 239 Å². The molecule has 0 fully saturated rings. The lowest BCUT2D eigenvalue weighted by Gasteiger charge is -2.30. The molecule has 0 saturated heterocycles. The third-order valence-electron chi connectivity index (χ3n) is 7.49. The number of fused-ring (bicyclic) bond motifs is 3. The Bertz CT molecular complexity index is 1780. The van der Waals surface area contributed by atoms with Gasteiger partial charge in [0, 0.05) is 23.3 Å². The number of para-hydroxylation sites is 1. The molecular formula is C32H24F3N3O4. The van der Waals surface area contributed by atoms with Crippen LogP contribution in [0, 0.1) is 11.3 Å². The molecule has 10 heteroatoms. The molecule has 0 aromatic heterocycles. The van der Waals surface area contributed by atoms with Crippen LogP contribution in [0.3, 0.4) is 0 Å². The van der Waals surface area contributed by atoms with E-state index in [4.69, 9.17) is 0 Å². The van der Waals surface area contributed by atoms with Gasteiger partial charge >= 0.3 is 12.1 Å². The minimum Gasteiger partial charge on any atom is -0.481 e. The SMILES string of the molecule is CC1(C)/C(=C\C=C2/C(=O)N(c3ccccc3)C(=O)C(C#N)=C2C(F)(F)F)N(CCC(=O)O)c2ccc3ccccc3c21. The number of amides is 2. The van der Waals surface area contributed by atoms with Gasteiger partial charge < -0.3 is 10.0 Å². The maximum absolute atomic E-state index is 14.4. The van der Waals surface area contributed by atoms with Crippen LogP contribution in [0.15, 0.2) is 101 Å². The lowest BCUT2D eigenvalue weighted by atomic mass is 9.81. The average Bonchev–Trinajstić information content (AvgIpc) is 3.16. The van der Waals surface area contributed by atoms with E-state index in [2.05, 4.69) is 0 Å². The number of nitriles is 1. The standard InChI is InChI=1S/C32H24F3N3O4/c1-31(2)25(37(17-16-26(39)40)24-14-12-19-8-6-7-11-21(19)28(24)31)15-13-22-27(32(33,34)35)23(18-36)30(42)38(29(22)41)20-9-4-3-5-10-20/h3-15H,16-17H2,1-2H3,(H,39,40)/b22-13-,25-15+. The van der Waals surface area contributed by atoms with Crippen LogP contribution < -0.4 is 9.80 Å². The van der Waals surface area contributed by atoms with Crippen molar-refractivity contribution in [3.63, 3.8) is 0 Å². The van der Waals surface area contributed by atoms with Gasteiger partial charge in [0.25, 0.3) is 11.8 Å². The van der Waals surface area contributed by atoms with Crippen molar-refractivity contribution < 1.29 is 32.7 Å². The number of rotatable bonds is 5. The average molecular weight is 572 g/mol. The summed E-state index contributed by atoms with van der Waals surface area (Å²) in [5, 5.41) is 20.9. The third kappa shape index (κ3) is 4.63. The van der Waals surface area contributed by atoms with Crippen LogP contribution in [0.1, 0.15) is 25.8 Å². The fraction of sp³-hybridized carbons (Fsp3) is 0.188. The highest BCUT2D eigenvalue weighted by atomic mass is 19.4. The number of imide groups is 1. The van der Waals surface area contributed by atoms with E-state index in [0.29, 0.717) is 16.3 Å². The van der Waals surface area contributed by atoms with Gasteiger partial charge in [-0.05, 0) is 46.7 Å². The molecule has 0 aliphatic carbocycles. The summed E-state index contributed by atoms with van der Waals surface area (Å²) in [5.74, 6) is -3.65. The van der Waals surface area contributed by atoms with Crippen LogP contribution in [0.4, 0.5) is 24.5 Å². The van der Waals surface area contributed by atoms with Crippen LogP contribution in [0.25, 0.3) is 10.8 Å². The maximum Gasteiger partial charge on any atom is 0.418 e. The number of nitrogens with zero attached hydrogens (tertiary/aromatic N) is 3. The Balaban J connectivity index is 1.74. The van der Waals surface area contributed by atoms with Gasteiger partial charge in [0.05, 0.1) is 23.3 Å². The molecule has 2 aliphatic heterocycles. The quantitative estimate of drug-likeness (QED) is 0.290. The fourth-order valence-corrected chi connectivity index (χ4v) is 5.68. The zero-order valence-electron chi connectivity index (χ0n) is 22.6. The Morgan fingerprint density at radius 3 is 2.29 bits per heavy atom. The Hall–Kier alpha value is -5.17. The van der Waals surface area contributed by atoms with Gasteiger partial charge in [-0.15, -0.1) is 0 Å². The first-order valence-corrected chi connectivity index (χ1v) is 13.0. The van der Waals surface area contributed by atoms with Crippen molar-refractivity contribution in [2.45, 2.75) is 31.9 Å². The van der Waals surface area contributed by atoms with Gasteiger partial charge in [-0.2, -0.15) is 18.4 Å². The van der Waals surface area contributed by atoms with Crippen molar-refractivity contribution in [2.24, 2.45) is 0 Å². The van der Waals surface area contributed by atoms with E-state index >= 15 is 0 Å². The largest absolute Gasteiger partial charge is 0.481 e. The highest BCUT2D eigenvalue weighted by molar-refractivity contribution is 6.31. The molecule has 7 nitrogen and oxygen atoms in total. The summed E-state index contributed by atoms with van der Waals surface area (Å²) < 4.78 is 43.1. The molecular weight excluding hydrogens is 547 g/mol. The minimum atomic E-state index is -5.18. The Morgan fingerprint density at radius 2 is 1.64 bits per heavy atom. The van der Waals surface area contributed by atoms with Crippen LogP contribution in [-0.2, 0) is 19.8 Å². The second-order valence-electron chi connectivity index (χ2n) is 10.4. The van der Waals surface area contributed by atoms with Crippen molar-refractivity contribution in [1.82, 2.24) is 0 Å². The van der Waals surface area contributed by atoms with Crippen molar-refractivity contribution in [3.8, 4) is 6.07 Å². The van der Waals surface area contributed by atoms with Crippen LogP contribution in [0.5, 0.6) is 0 Å². The van der Waals surface area contributed by atoms with E-state index < -0.39 is 46.1 Å². The zero-order valence-corrected chi connectivity index (χ0v) is 22.6. The maximum atomic E-state index is 14.4. The normalized spacial score (nSPS) is 18.7. The molecule has 42 heavy (non-hydrogen) atoms. The number of aliphatic carboxylic acids is 1. The zero-order chi connectivity index (χ0) is 30.4. The molecule has 3 aromatic carbocycles. The summed E-state index contributed by atoms with van der Waals surface area (Å²) in [6.07, 6.45) is -3.11. The number of carbonyl (C=O) groups is 3. The van der Waals surface area contributed by atoms with Gasteiger partial charge in [-0.3, -0.25) is 14.4 Å². The molecule has 1 N–H and O–H groups in total. The van der Waals surface area contributed by atoms with Crippen molar-refractivity contribution in [1.29, 1.82) is 5.26 Å². The van der Waals surface area contributed by atoms with Gasteiger partial charge in [-0.1, -0.05) is 62.4 Å². The first kappa shape index (κ1) is 28.4. The van der Waals surface area contributed by atoms with E-state index in [1.165, 1.54) is 36.4 Å². The highest BCUT2D eigenvalue weighted by Gasteiger charge is 2.49. The smallest absolute Gasteiger partial charge is 0.418 e. The molecule has 0 bridgehead atoms. The van der Waals surface area contributed by atoms with Crippen molar-refractivity contribution in [2.75, 3.05) is 16.3 Å². The van der Waals surface area contributed by atoms with Gasteiger partial charge in [-0.25, -0.2) is 4.90 Å². The fourth-order valence-electron chi connectivity index (χ4n) is 5.68. The Kier molecular flexibility index (Phi) is 6.98. The number of hydrogen-bond acceptors (Lipinski definition) is 5. The highest BCUT2D eigenvalue weighted by Crippen LogP contribution is 2.51. The van der Waals surface area contributed by atoms with Crippen LogP contribution in [-0.4, -0.2) is 35.6 Å². The second-order valence-corrected chi connectivity index (χ2v) is 10.4. The number of carboxylic acids is 1. The van der Waals surface area contributed by atoms with E-state index in [-0.39, 0.29) is 18.7 Å². The molecule has 2 amide bonds.